The third kappa shape index (κ3) is 8.40. The second kappa shape index (κ2) is 13.1. The number of aliphatic hydroxyl groups is 1. The van der Waals surface area contributed by atoms with Crippen LogP contribution >= 0.6 is 0 Å². The molecule has 2 atom stereocenters. The van der Waals surface area contributed by atoms with Crippen molar-refractivity contribution < 1.29 is 28.8 Å². The van der Waals surface area contributed by atoms with E-state index in [1.54, 1.807) is 13.8 Å². The molecule has 194 valence electrons. The van der Waals surface area contributed by atoms with Gasteiger partial charge in [0, 0.05) is 11.0 Å². The van der Waals surface area contributed by atoms with Crippen LogP contribution in [-0.2, 0) is 24.4 Å². The molecule has 0 aliphatic rings. The highest BCUT2D eigenvalue weighted by Crippen LogP contribution is 2.34. The van der Waals surface area contributed by atoms with Crippen molar-refractivity contribution in [1.29, 1.82) is 0 Å². The molecule has 6 heteroatoms. The molecule has 0 amide bonds. The van der Waals surface area contributed by atoms with Crippen molar-refractivity contribution >= 4 is 5.97 Å². The summed E-state index contributed by atoms with van der Waals surface area (Å²) in [5, 5.41) is 10.0. The first-order valence-electron chi connectivity index (χ1n) is 11.8. The van der Waals surface area contributed by atoms with Gasteiger partial charge in [-0.2, -0.15) is 0 Å². The fourth-order valence-electron chi connectivity index (χ4n) is 3.44. The van der Waals surface area contributed by atoms with Crippen LogP contribution < -0.4 is 4.74 Å². The highest BCUT2D eigenvalue weighted by molar-refractivity contribution is 5.87. The Morgan fingerprint density at radius 1 is 0.917 bits per heavy atom. The summed E-state index contributed by atoms with van der Waals surface area (Å²) in [6.45, 7) is 21.0. The number of aliphatic hydroxyl groups excluding tert-OH is 1. The van der Waals surface area contributed by atoms with Gasteiger partial charge in [0.1, 0.15) is 24.6 Å². The van der Waals surface area contributed by atoms with E-state index in [0.717, 1.165) is 22.3 Å². The minimum Gasteiger partial charge on any atom is -0.491 e. The molecule has 0 aromatic heterocycles. The van der Waals surface area contributed by atoms with Gasteiger partial charge in [0.2, 0.25) is 0 Å². The normalized spacial score (nSPS) is 12.8. The van der Waals surface area contributed by atoms with E-state index in [1.807, 2.05) is 55.5 Å². The maximum atomic E-state index is 12.0. The van der Waals surface area contributed by atoms with Gasteiger partial charge < -0.3 is 24.1 Å². The van der Waals surface area contributed by atoms with E-state index in [9.17, 15) is 9.90 Å². The highest BCUT2D eigenvalue weighted by atomic mass is 16.7. The van der Waals surface area contributed by atoms with Crippen LogP contribution in [-0.4, -0.2) is 37.2 Å². The van der Waals surface area contributed by atoms with E-state index >= 15 is 0 Å². The first-order valence-corrected chi connectivity index (χ1v) is 11.8. The predicted molar refractivity (Wildman–Crippen MR) is 142 cm³/mol. The van der Waals surface area contributed by atoms with Crippen LogP contribution in [0.1, 0.15) is 57.4 Å². The first kappa shape index (κ1) is 28.9. The van der Waals surface area contributed by atoms with Crippen molar-refractivity contribution in [3.8, 4) is 5.75 Å². The summed E-state index contributed by atoms with van der Waals surface area (Å²) in [7, 11) is 0. The van der Waals surface area contributed by atoms with Gasteiger partial charge in [0.15, 0.2) is 6.79 Å². The quantitative estimate of drug-likeness (QED) is 0.0865. The largest absolute Gasteiger partial charge is 0.491 e. The Morgan fingerprint density at radius 3 is 1.97 bits per heavy atom. The van der Waals surface area contributed by atoms with E-state index in [4.69, 9.17) is 18.9 Å². The number of rotatable bonds is 14. The second-order valence-electron chi connectivity index (χ2n) is 9.48. The summed E-state index contributed by atoms with van der Waals surface area (Å²) in [4.78, 5) is 12.0. The minimum atomic E-state index is -0.772. The van der Waals surface area contributed by atoms with Crippen LogP contribution in [0.15, 0.2) is 85.2 Å². The smallest absolute Gasteiger partial charge is 0.334 e. The molecule has 0 saturated carbocycles. The lowest BCUT2D eigenvalue weighted by Crippen LogP contribution is -2.24. The lowest BCUT2D eigenvalue weighted by atomic mass is 9.78. The van der Waals surface area contributed by atoms with Gasteiger partial charge in [-0.15, -0.1) is 0 Å². The third-order valence-electron chi connectivity index (χ3n) is 5.67. The average Bonchev–Trinajstić information content (AvgIpc) is 2.83. The Kier molecular flexibility index (Phi) is 10.5. The van der Waals surface area contributed by atoms with E-state index in [0.29, 0.717) is 17.1 Å². The molecule has 0 bridgehead atoms. The molecule has 0 saturated heterocycles. The van der Waals surface area contributed by atoms with E-state index < -0.39 is 18.2 Å². The monoisotopic (exact) mass is 494 g/mol. The number of hydrogen-bond donors (Lipinski definition) is 1. The Bertz CT molecular complexity index is 1050. The molecule has 0 aliphatic heterocycles. The molecule has 2 unspecified atom stereocenters. The molecular formula is C30H38O6. The number of ether oxygens (including phenoxy) is 4. The minimum absolute atomic E-state index is 0.0463. The number of hydrogen-bond acceptors (Lipinski definition) is 6. The maximum absolute atomic E-state index is 12.0. The SMILES string of the molecule is C=C(C)OCOCC(O)COc1ccc(C(C)(C)c2ccc(C(OC(=O)C(=C)C)C(=C)C)cc2)cc1. The Balaban J connectivity index is 2.02. The van der Waals surface area contributed by atoms with Crippen LogP contribution in [0.3, 0.4) is 0 Å². The van der Waals surface area contributed by atoms with E-state index in [1.165, 1.54) is 0 Å². The first-order chi connectivity index (χ1) is 16.9. The summed E-state index contributed by atoms with van der Waals surface area (Å²) in [5.74, 6) is 0.775. The zero-order valence-corrected chi connectivity index (χ0v) is 22.0. The Morgan fingerprint density at radius 2 is 1.47 bits per heavy atom. The molecule has 1 N–H and O–H groups in total. The molecule has 2 aromatic carbocycles. The molecular weight excluding hydrogens is 456 g/mol. The summed E-state index contributed by atoms with van der Waals surface area (Å²) in [6.07, 6.45) is -1.30. The van der Waals surface area contributed by atoms with Gasteiger partial charge >= 0.3 is 5.97 Å². The van der Waals surface area contributed by atoms with Crippen molar-refractivity contribution in [1.82, 2.24) is 0 Å². The summed E-state index contributed by atoms with van der Waals surface area (Å²) in [6, 6.07) is 15.8. The fraction of sp³-hybridized carbons (Fsp3) is 0.367. The number of carbonyl (C=O) groups excluding carboxylic acids is 1. The van der Waals surface area contributed by atoms with Gasteiger partial charge in [-0.25, -0.2) is 4.79 Å². The summed E-state index contributed by atoms with van der Waals surface area (Å²) < 4.78 is 21.6. The van der Waals surface area contributed by atoms with Gasteiger partial charge in [-0.1, -0.05) is 70.0 Å². The van der Waals surface area contributed by atoms with E-state index in [-0.39, 0.29) is 25.4 Å². The van der Waals surface area contributed by atoms with Crippen molar-refractivity contribution in [2.24, 2.45) is 0 Å². The number of benzene rings is 2. The van der Waals surface area contributed by atoms with Gasteiger partial charge in [-0.05, 0) is 55.2 Å². The average molecular weight is 495 g/mol. The molecule has 0 fully saturated rings. The molecule has 2 rings (SSSR count). The zero-order valence-electron chi connectivity index (χ0n) is 22.0. The molecule has 0 heterocycles. The number of carbonyl (C=O) groups is 1. The summed E-state index contributed by atoms with van der Waals surface area (Å²) in [5.41, 5.74) is 3.88. The van der Waals surface area contributed by atoms with Gasteiger partial charge in [0.05, 0.1) is 12.4 Å². The molecule has 0 radical (unpaired) electrons. The van der Waals surface area contributed by atoms with Crippen LogP contribution in [0.2, 0.25) is 0 Å². The predicted octanol–water partition coefficient (Wildman–Crippen LogP) is 6.01. The van der Waals surface area contributed by atoms with Crippen molar-refractivity contribution in [2.75, 3.05) is 20.0 Å². The topological polar surface area (TPSA) is 74.2 Å². The van der Waals surface area contributed by atoms with Gasteiger partial charge in [0.25, 0.3) is 0 Å². The van der Waals surface area contributed by atoms with Crippen LogP contribution in [0.25, 0.3) is 0 Å². The molecule has 6 nitrogen and oxygen atoms in total. The lowest BCUT2D eigenvalue weighted by molar-refractivity contribution is -0.142. The number of allylic oxidation sites excluding steroid dienone is 1. The zero-order chi connectivity index (χ0) is 26.9. The van der Waals surface area contributed by atoms with Crippen molar-refractivity contribution in [3.05, 3.63) is 102 Å². The molecule has 2 aromatic rings. The summed E-state index contributed by atoms with van der Waals surface area (Å²) >= 11 is 0. The van der Waals surface area contributed by atoms with Crippen LogP contribution in [0.5, 0.6) is 5.75 Å². The lowest BCUT2D eigenvalue weighted by Gasteiger charge is -2.27. The molecule has 0 spiro atoms. The van der Waals surface area contributed by atoms with Crippen molar-refractivity contribution in [3.63, 3.8) is 0 Å². The number of esters is 1. The van der Waals surface area contributed by atoms with E-state index in [2.05, 4.69) is 33.6 Å². The van der Waals surface area contributed by atoms with Crippen molar-refractivity contribution in [2.45, 2.75) is 52.2 Å². The van der Waals surface area contributed by atoms with Gasteiger partial charge in [-0.3, -0.25) is 0 Å². The maximum Gasteiger partial charge on any atom is 0.334 e. The Labute approximate surface area is 214 Å². The third-order valence-corrected chi connectivity index (χ3v) is 5.67. The molecule has 36 heavy (non-hydrogen) atoms. The van der Waals surface area contributed by atoms with Crippen LogP contribution in [0, 0.1) is 0 Å². The highest BCUT2D eigenvalue weighted by Gasteiger charge is 2.24. The molecule has 0 aliphatic carbocycles. The second-order valence-corrected chi connectivity index (χ2v) is 9.48. The Hall–Kier alpha value is -3.35. The standard InChI is InChI=1S/C30H38O6/c1-20(2)28(36-29(32)21(3)4)23-9-11-24(12-10-23)30(7,8)25-13-15-27(16-14-25)34-18-26(31)17-33-19-35-22(5)6/h9-16,26,28,31H,1,3,5,17-19H2,2,4,6-8H3. The fourth-order valence-corrected chi connectivity index (χ4v) is 3.44. The van der Waals surface area contributed by atoms with Crippen LogP contribution in [0.4, 0.5) is 0 Å².